The molecule has 1 aromatic heterocycles. The minimum atomic E-state index is -0.300. The van der Waals surface area contributed by atoms with E-state index in [1.165, 1.54) is 12.3 Å². The largest absolute Gasteiger partial charge is 0.372 e. The van der Waals surface area contributed by atoms with Crippen LogP contribution < -0.4 is 15.1 Å². The summed E-state index contributed by atoms with van der Waals surface area (Å²) < 4.78 is 13.3. The number of fused-ring (bicyclic) bond motifs is 1. The smallest absolute Gasteiger partial charge is 0.158 e. The average molecular weight is 419 g/mol. The molecule has 1 atom stereocenters. The lowest BCUT2D eigenvalue weighted by Crippen LogP contribution is -2.37. The Bertz CT molecular complexity index is 1040. The van der Waals surface area contributed by atoms with Gasteiger partial charge in [-0.15, -0.1) is 0 Å². The zero-order valence-corrected chi connectivity index (χ0v) is 17.8. The number of benzene rings is 1. The van der Waals surface area contributed by atoms with Crippen molar-refractivity contribution in [1.29, 1.82) is 0 Å². The fourth-order valence-corrected chi connectivity index (χ4v) is 3.88. The molecule has 0 bridgehead atoms. The van der Waals surface area contributed by atoms with Crippen molar-refractivity contribution in [3.05, 3.63) is 66.3 Å². The summed E-state index contributed by atoms with van der Waals surface area (Å²) in [4.78, 5) is 17.5. The lowest BCUT2D eigenvalue weighted by Gasteiger charge is -2.29. The lowest BCUT2D eigenvalue weighted by atomic mass is 10.1. The molecular formula is C24H27FN6. The van der Waals surface area contributed by atoms with Gasteiger partial charge in [-0.1, -0.05) is 24.8 Å². The third-order valence-electron chi connectivity index (χ3n) is 5.49. The molecule has 3 heterocycles. The Balaban J connectivity index is 1.65. The lowest BCUT2D eigenvalue weighted by molar-refractivity contribution is 0.558. The number of nitrogens with zero attached hydrogens (tertiary/aromatic N) is 5. The zero-order chi connectivity index (χ0) is 21.8. The van der Waals surface area contributed by atoms with Crippen LogP contribution in [0.25, 0.3) is 11.3 Å². The van der Waals surface area contributed by atoms with Crippen LogP contribution in [0.15, 0.2) is 70.7 Å². The predicted octanol–water partition coefficient (Wildman–Crippen LogP) is 4.31. The monoisotopic (exact) mass is 418 g/mol. The van der Waals surface area contributed by atoms with Crippen LogP contribution in [0, 0.1) is 0 Å². The standard InChI is InChI=1S/C24H27FN6/c1-17(28-23-11-8-20(25)16-27-23)31-13-5-12-30(3)22-10-9-21(29-24(22)31)19-7-4-6-18(14-19)15-26-2/h4,6-10,14,16,23,28H,1-2,5,11-13,15H2,3H3. The number of pyridine rings is 1. The van der Waals surface area contributed by atoms with Crippen LogP contribution in [0.5, 0.6) is 0 Å². The molecule has 7 heteroatoms. The molecule has 0 saturated carbocycles. The fourth-order valence-electron chi connectivity index (χ4n) is 3.88. The molecule has 6 nitrogen and oxygen atoms in total. The molecule has 1 unspecified atom stereocenters. The highest BCUT2D eigenvalue weighted by Crippen LogP contribution is 2.34. The van der Waals surface area contributed by atoms with Crippen molar-refractivity contribution in [3.63, 3.8) is 0 Å². The van der Waals surface area contributed by atoms with Gasteiger partial charge in [-0.3, -0.25) is 9.98 Å². The Morgan fingerprint density at radius 3 is 2.94 bits per heavy atom. The second-order valence-electron chi connectivity index (χ2n) is 7.76. The van der Waals surface area contributed by atoms with Crippen molar-refractivity contribution in [2.24, 2.45) is 9.98 Å². The molecule has 160 valence electrons. The van der Waals surface area contributed by atoms with E-state index >= 15 is 0 Å². The van der Waals surface area contributed by atoms with E-state index in [1.807, 2.05) is 12.1 Å². The Labute approximate surface area is 182 Å². The van der Waals surface area contributed by atoms with Crippen LogP contribution in [-0.2, 0) is 6.54 Å². The van der Waals surface area contributed by atoms with Gasteiger partial charge < -0.3 is 15.1 Å². The predicted molar refractivity (Wildman–Crippen MR) is 127 cm³/mol. The normalized spacial score (nSPS) is 18.1. The SMILES string of the molecule is C=NCc1cccc(-c2ccc3c(n2)N(C(=C)NC2CC=C(F)C=N2)CCCN3C)c1. The highest BCUT2D eigenvalue weighted by atomic mass is 19.1. The van der Waals surface area contributed by atoms with Gasteiger partial charge in [-0.2, -0.15) is 0 Å². The van der Waals surface area contributed by atoms with E-state index in [4.69, 9.17) is 4.98 Å². The molecule has 0 fully saturated rings. The number of halogens is 1. The number of hydrogen-bond acceptors (Lipinski definition) is 6. The van der Waals surface area contributed by atoms with Crippen molar-refractivity contribution in [2.75, 3.05) is 29.9 Å². The van der Waals surface area contributed by atoms with Gasteiger partial charge in [-0.05, 0) is 43.0 Å². The average Bonchev–Trinajstić information content (AvgIpc) is 2.94. The molecule has 1 aromatic carbocycles. The third-order valence-corrected chi connectivity index (χ3v) is 5.49. The first-order valence-electron chi connectivity index (χ1n) is 10.4. The summed E-state index contributed by atoms with van der Waals surface area (Å²) in [6, 6.07) is 12.4. The van der Waals surface area contributed by atoms with Gasteiger partial charge in [0.15, 0.2) is 5.82 Å². The molecule has 31 heavy (non-hydrogen) atoms. The summed E-state index contributed by atoms with van der Waals surface area (Å²) in [6.45, 7) is 10.1. The number of rotatable bonds is 6. The van der Waals surface area contributed by atoms with E-state index in [0.29, 0.717) is 18.8 Å². The van der Waals surface area contributed by atoms with Gasteiger partial charge >= 0.3 is 0 Å². The maximum absolute atomic E-state index is 13.3. The van der Waals surface area contributed by atoms with Crippen LogP contribution in [0.2, 0.25) is 0 Å². The summed E-state index contributed by atoms with van der Waals surface area (Å²) in [5.41, 5.74) is 4.07. The summed E-state index contributed by atoms with van der Waals surface area (Å²) in [6.07, 6.45) is 4.00. The maximum atomic E-state index is 13.3. The quantitative estimate of drug-likeness (QED) is 0.711. The van der Waals surface area contributed by atoms with Crippen LogP contribution in [-0.4, -0.2) is 44.2 Å². The molecule has 2 aliphatic heterocycles. The van der Waals surface area contributed by atoms with Gasteiger partial charge in [0, 0.05) is 32.1 Å². The number of allylic oxidation sites excluding steroid dienone is 1. The van der Waals surface area contributed by atoms with Gasteiger partial charge in [0.05, 0.1) is 24.1 Å². The molecule has 0 saturated heterocycles. The van der Waals surface area contributed by atoms with Crippen LogP contribution in [0.3, 0.4) is 0 Å². The van der Waals surface area contributed by atoms with Gasteiger partial charge in [-0.25, -0.2) is 9.37 Å². The molecule has 0 aliphatic carbocycles. The number of aliphatic imine (C=N–C) groups is 2. The van der Waals surface area contributed by atoms with Crippen LogP contribution >= 0.6 is 0 Å². The number of anilines is 2. The Morgan fingerprint density at radius 1 is 1.29 bits per heavy atom. The molecule has 1 N–H and O–H groups in total. The number of hydrogen-bond donors (Lipinski definition) is 1. The van der Waals surface area contributed by atoms with Crippen molar-refractivity contribution in [3.8, 4) is 11.3 Å². The maximum Gasteiger partial charge on any atom is 0.158 e. The fraction of sp³-hybridized carbons (Fsp3) is 0.292. The van der Waals surface area contributed by atoms with Crippen LogP contribution in [0.1, 0.15) is 18.4 Å². The first kappa shape index (κ1) is 20.8. The highest BCUT2D eigenvalue weighted by Gasteiger charge is 2.24. The molecular weight excluding hydrogens is 391 g/mol. The van der Waals surface area contributed by atoms with E-state index in [-0.39, 0.29) is 12.0 Å². The molecule has 0 amide bonds. The zero-order valence-electron chi connectivity index (χ0n) is 17.8. The van der Waals surface area contributed by atoms with Crippen molar-refractivity contribution in [1.82, 2.24) is 10.3 Å². The van der Waals surface area contributed by atoms with E-state index in [2.05, 4.69) is 69.7 Å². The Morgan fingerprint density at radius 2 is 2.16 bits per heavy atom. The van der Waals surface area contributed by atoms with E-state index in [1.54, 1.807) is 0 Å². The first-order valence-corrected chi connectivity index (χ1v) is 10.4. The van der Waals surface area contributed by atoms with Crippen molar-refractivity contribution < 1.29 is 4.39 Å². The van der Waals surface area contributed by atoms with Gasteiger partial charge in [0.25, 0.3) is 0 Å². The van der Waals surface area contributed by atoms with E-state index in [0.717, 1.165) is 47.8 Å². The van der Waals surface area contributed by atoms with Gasteiger partial charge in [0.1, 0.15) is 17.8 Å². The number of dihydropyridines is 1. The Hall–Kier alpha value is -3.48. The molecule has 2 aliphatic rings. The minimum absolute atomic E-state index is 0.234. The minimum Gasteiger partial charge on any atom is -0.372 e. The molecule has 4 rings (SSSR count). The second kappa shape index (κ2) is 9.12. The van der Waals surface area contributed by atoms with Gasteiger partial charge in [0.2, 0.25) is 0 Å². The molecule has 0 spiro atoms. The summed E-state index contributed by atoms with van der Waals surface area (Å²) in [7, 11) is 2.08. The van der Waals surface area contributed by atoms with E-state index in [9.17, 15) is 4.39 Å². The highest BCUT2D eigenvalue weighted by molar-refractivity contribution is 5.77. The first-order chi connectivity index (χ1) is 15.0. The summed E-state index contributed by atoms with van der Waals surface area (Å²) in [5, 5.41) is 3.32. The molecule has 2 aromatic rings. The van der Waals surface area contributed by atoms with E-state index < -0.39 is 0 Å². The topological polar surface area (TPSA) is 56.1 Å². The summed E-state index contributed by atoms with van der Waals surface area (Å²) >= 11 is 0. The Kier molecular flexibility index (Phi) is 6.11. The second-order valence-corrected chi connectivity index (χ2v) is 7.76. The van der Waals surface area contributed by atoms with Crippen LogP contribution in [0.4, 0.5) is 15.9 Å². The number of aromatic nitrogens is 1. The summed E-state index contributed by atoms with van der Waals surface area (Å²) in [5.74, 6) is 1.26. The number of nitrogens with one attached hydrogen (secondary N) is 1. The molecule has 0 radical (unpaired) electrons. The third kappa shape index (κ3) is 4.66. The van der Waals surface area contributed by atoms with Crippen molar-refractivity contribution >= 4 is 24.4 Å². The van der Waals surface area contributed by atoms with Crippen molar-refractivity contribution in [2.45, 2.75) is 25.6 Å².